The zero-order valence-corrected chi connectivity index (χ0v) is 17.4. The van der Waals surface area contributed by atoms with Crippen LogP contribution >= 0.6 is 11.8 Å². The fourth-order valence-electron chi connectivity index (χ4n) is 2.89. The normalized spacial score (nSPS) is 10.7. The molecule has 0 saturated carbocycles. The summed E-state index contributed by atoms with van der Waals surface area (Å²) in [6.07, 6.45) is 1.52. The predicted octanol–water partition coefficient (Wildman–Crippen LogP) is 3.53. The van der Waals surface area contributed by atoms with E-state index < -0.39 is 0 Å². The van der Waals surface area contributed by atoms with Crippen molar-refractivity contribution in [2.24, 2.45) is 7.05 Å². The van der Waals surface area contributed by atoms with Crippen LogP contribution in [0.4, 0.5) is 0 Å². The molecule has 0 spiro atoms. The van der Waals surface area contributed by atoms with Gasteiger partial charge in [0.15, 0.2) is 10.9 Å². The first kappa shape index (κ1) is 20.8. The Morgan fingerprint density at radius 3 is 2.38 bits per heavy atom. The van der Waals surface area contributed by atoms with Crippen LogP contribution in [0.15, 0.2) is 59.8 Å². The summed E-state index contributed by atoms with van der Waals surface area (Å²) in [5.74, 6) is 1.18. The molecule has 0 aliphatic carbocycles. The third-order valence-electron chi connectivity index (χ3n) is 4.52. The Morgan fingerprint density at radius 1 is 1.00 bits per heavy atom. The fraction of sp³-hybridized carbons (Fsp3) is 0.273. The van der Waals surface area contributed by atoms with E-state index in [2.05, 4.69) is 27.6 Å². The highest BCUT2D eigenvalue weighted by molar-refractivity contribution is 7.99. The molecular weight excluding hydrogens is 384 g/mol. The number of nitrogens with one attached hydrogen (secondary N) is 1. The maximum Gasteiger partial charge on any atom is 0.216 e. The van der Waals surface area contributed by atoms with Crippen LogP contribution < -0.4 is 5.32 Å². The summed E-state index contributed by atoms with van der Waals surface area (Å²) in [6, 6.07) is 17.8. The van der Waals surface area contributed by atoms with Crippen LogP contribution in [0.5, 0.6) is 0 Å². The van der Waals surface area contributed by atoms with E-state index in [4.69, 9.17) is 0 Å². The number of ketones is 1. The summed E-state index contributed by atoms with van der Waals surface area (Å²) >= 11 is 1.39. The van der Waals surface area contributed by atoms with Gasteiger partial charge >= 0.3 is 0 Å². The van der Waals surface area contributed by atoms with E-state index in [-0.39, 0.29) is 11.7 Å². The molecule has 150 valence electrons. The molecular formula is C22H24N4O2S. The third-order valence-corrected chi connectivity index (χ3v) is 5.54. The van der Waals surface area contributed by atoms with Gasteiger partial charge < -0.3 is 9.88 Å². The van der Waals surface area contributed by atoms with Crippen LogP contribution in [0.25, 0.3) is 11.1 Å². The highest BCUT2D eigenvalue weighted by Crippen LogP contribution is 2.21. The van der Waals surface area contributed by atoms with Gasteiger partial charge in [-0.05, 0) is 17.5 Å². The number of amides is 1. The number of hydrogen-bond donors (Lipinski definition) is 1. The van der Waals surface area contributed by atoms with E-state index in [1.54, 1.807) is 0 Å². The number of carbonyl (C=O) groups excluding carboxylic acids is 2. The second-order valence-electron chi connectivity index (χ2n) is 6.70. The lowest BCUT2D eigenvalue weighted by molar-refractivity contribution is -0.118. The SMILES string of the molecule is CC(=O)NCCCc1nnc(SCC(=O)c2ccc(-c3ccccc3)cc2)n1C. The molecule has 7 heteroatoms. The molecule has 6 nitrogen and oxygen atoms in total. The number of thioether (sulfide) groups is 1. The summed E-state index contributed by atoms with van der Waals surface area (Å²) in [6.45, 7) is 2.12. The van der Waals surface area contributed by atoms with Gasteiger partial charge in [-0.15, -0.1) is 10.2 Å². The largest absolute Gasteiger partial charge is 0.356 e. The predicted molar refractivity (Wildman–Crippen MR) is 115 cm³/mol. The maximum atomic E-state index is 12.5. The molecule has 1 N–H and O–H groups in total. The summed E-state index contributed by atoms with van der Waals surface area (Å²) in [7, 11) is 1.90. The lowest BCUT2D eigenvalue weighted by Crippen LogP contribution is -2.21. The number of aromatic nitrogens is 3. The van der Waals surface area contributed by atoms with Crippen LogP contribution in [0.3, 0.4) is 0 Å². The molecule has 0 unspecified atom stereocenters. The van der Waals surface area contributed by atoms with Gasteiger partial charge in [-0.2, -0.15) is 0 Å². The first-order valence-corrected chi connectivity index (χ1v) is 10.5. The van der Waals surface area contributed by atoms with Crippen molar-refractivity contribution in [3.63, 3.8) is 0 Å². The topological polar surface area (TPSA) is 76.9 Å². The second-order valence-corrected chi connectivity index (χ2v) is 7.64. The minimum atomic E-state index is -0.0328. The van der Waals surface area contributed by atoms with Crippen molar-refractivity contribution in [1.82, 2.24) is 20.1 Å². The minimum absolute atomic E-state index is 0.0328. The van der Waals surface area contributed by atoms with Crippen molar-refractivity contribution in [1.29, 1.82) is 0 Å². The van der Waals surface area contributed by atoms with E-state index in [0.29, 0.717) is 23.0 Å². The van der Waals surface area contributed by atoms with Crippen LogP contribution in [0.1, 0.15) is 29.5 Å². The van der Waals surface area contributed by atoms with Crippen molar-refractivity contribution in [3.05, 3.63) is 66.0 Å². The van der Waals surface area contributed by atoms with Crippen molar-refractivity contribution in [3.8, 4) is 11.1 Å². The summed E-state index contributed by atoms with van der Waals surface area (Å²) in [5, 5.41) is 11.9. The van der Waals surface area contributed by atoms with Gasteiger partial charge in [-0.1, -0.05) is 66.4 Å². The van der Waals surface area contributed by atoms with Crippen LogP contribution in [-0.4, -0.2) is 38.8 Å². The van der Waals surface area contributed by atoms with Crippen molar-refractivity contribution < 1.29 is 9.59 Å². The van der Waals surface area contributed by atoms with Crippen LogP contribution in [0.2, 0.25) is 0 Å². The van der Waals surface area contributed by atoms with Gasteiger partial charge in [0.05, 0.1) is 5.75 Å². The molecule has 1 aromatic heterocycles. The molecule has 1 amide bonds. The van der Waals surface area contributed by atoms with E-state index in [1.807, 2.05) is 54.1 Å². The van der Waals surface area contributed by atoms with Crippen LogP contribution in [0, 0.1) is 0 Å². The standard InChI is InChI=1S/C22H24N4O2S/c1-16(27)23-14-6-9-21-24-25-22(26(21)2)29-15-20(28)19-12-10-18(11-13-19)17-7-4-3-5-8-17/h3-5,7-8,10-13H,6,9,14-15H2,1-2H3,(H,23,27). The van der Waals surface area contributed by atoms with Gasteiger partial charge in [-0.25, -0.2) is 0 Å². The molecule has 0 aliphatic heterocycles. The summed E-state index contributed by atoms with van der Waals surface area (Å²) < 4.78 is 1.91. The minimum Gasteiger partial charge on any atom is -0.356 e. The average molecular weight is 409 g/mol. The Balaban J connectivity index is 1.53. The zero-order valence-electron chi connectivity index (χ0n) is 16.6. The lowest BCUT2D eigenvalue weighted by Gasteiger charge is -2.05. The highest BCUT2D eigenvalue weighted by atomic mass is 32.2. The third kappa shape index (κ3) is 5.77. The number of aryl methyl sites for hydroxylation is 1. The average Bonchev–Trinajstić information content (AvgIpc) is 3.09. The van der Waals surface area contributed by atoms with E-state index in [9.17, 15) is 9.59 Å². The summed E-state index contributed by atoms with van der Waals surface area (Å²) in [4.78, 5) is 23.4. The quantitative estimate of drug-likeness (QED) is 0.333. The van der Waals surface area contributed by atoms with Gasteiger partial charge in [0.25, 0.3) is 0 Å². The maximum absolute atomic E-state index is 12.5. The molecule has 3 rings (SSSR count). The molecule has 0 saturated heterocycles. The Labute approximate surface area is 174 Å². The first-order valence-electron chi connectivity index (χ1n) is 9.49. The Kier molecular flexibility index (Phi) is 7.19. The Morgan fingerprint density at radius 2 is 1.69 bits per heavy atom. The van der Waals surface area contributed by atoms with Gasteiger partial charge in [-0.3, -0.25) is 9.59 Å². The van der Waals surface area contributed by atoms with Gasteiger partial charge in [0.1, 0.15) is 5.82 Å². The number of Topliss-reactive ketones (excluding diaryl/α,β-unsaturated/α-hetero) is 1. The van der Waals surface area contributed by atoms with Crippen molar-refractivity contribution in [2.45, 2.75) is 24.9 Å². The van der Waals surface area contributed by atoms with Gasteiger partial charge in [0, 0.05) is 32.5 Å². The van der Waals surface area contributed by atoms with Crippen molar-refractivity contribution >= 4 is 23.5 Å². The first-order chi connectivity index (χ1) is 14.0. The number of benzene rings is 2. The number of rotatable bonds is 9. The Bertz CT molecular complexity index is 968. The molecule has 29 heavy (non-hydrogen) atoms. The molecule has 0 radical (unpaired) electrons. The monoisotopic (exact) mass is 408 g/mol. The molecule has 0 atom stereocenters. The molecule has 0 fully saturated rings. The number of carbonyl (C=O) groups is 2. The zero-order chi connectivity index (χ0) is 20.6. The summed E-state index contributed by atoms with van der Waals surface area (Å²) in [5.41, 5.74) is 2.91. The second kappa shape index (κ2) is 10.0. The van der Waals surface area contributed by atoms with Crippen LogP contribution in [-0.2, 0) is 18.3 Å². The van der Waals surface area contributed by atoms with E-state index >= 15 is 0 Å². The highest BCUT2D eigenvalue weighted by Gasteiger charge is 2.13. The number of hydrogen-bond acceptors (Lipinski definition) is 5. The molecule has 1 heterocycles. The van der Waals surface area contributed by atoms with Crippen molar-refractivity contribution in [2.75, 3.05) is 12.3 Å². The molecule has 2 aromatic carbocycles. The number of nitrogens with zero attached hydrogens (tertiary/aromatic N) is 3. The lowest BCUT2D eigenvalue weighted by atomic mass is 10.0. The molecule has 0 bridgehead atoms. The smallest absolute Gasteiger partial charge is 0.216 e. The van der Waals surface area contributed by atoms with E-state index in [1.165, 1.54) is 18.7 Å². The van der Waals surface area contributed by atoms with E-state index in [0.717, 1.165) is 29.8 Å². The molecule has 3 aromatic rings. The fourth-order valence-corrected chi connectivity index (χ4v) is 3.72. The van der Waals surface area contributed by atoms with Gasteiger partial charge in [0.2, 0.25) is 5.91 Å². The molecule has 0 aliphatic rings. The Hall–Kier alpha value is -2.93.